The Kier molecular flexibility index (Phi) is 5.60. The quantitative estimate of drug-likeness (QED) is 0.731. The topological polar surface area (TPSA) is 12.0 Å². The van der Waals surface area contributed by atoms with Crippen LogP contribution >= 0.6 is 0 Å². The Balaban J connectivity index is 2.56. The van der Waals surface area contributed by atoms with Crippen molar-refractivity contribution in [2.75, 3.05) is 4.98 Å². The van der Waals surface area contributed by atoms with Crippen molar-refractivity contribution in [3.8, 4) is 0 Å². The van der Waals surface area contributed by atoms with E-state index in [0.717, 1.165) is 11.8 Å². The Hall–Kier alpha value is -0.763. The SMILES string of the molecule is CC(C)C[SiH](CC(C)C)Nc1ccccc1. The molecule has 0 bridgehead atoms. The van der Waals surface area contributed by atoms with Gasteiger partial charge in [-0.25, -0.2) is 0 Å². The highest BCUT2D eigenvalue weighted by molar-refractivity contribution is 6.62. The standard InChI is InChI=1S/C14H25NSi/c1-12(2)10-16(11-13(3)4)15-14-8-6-5-7-9-14/h5-9,12-13,15-16H,10-11H2,1-4H3. The maximum absolute atomic E-state index is 3.78. The molecule has 1 rings (SSSR count). The number of rotatable bonds is 6. The Morgan fingerprint density at radius 1 is 0.938 bits per heavy atom. The number of anilines is 1. The van der Waals surface area contributed by atoms with E-state index in [4.69, 9.17) is 0 Å². The zero-order valence-electron chi connectivity index (χ0n) is 11.0. The highest BCUT2D eigenvalue weighted by Gasteiger charge is 2.14. The van der Waals surface area contributed by atoms with Crippen LogP contribution < -0.4 is 4.98 Å². The van der Waals surface area contributed by atoms with E-state index in [1.54, 1.807) is 0 Å². The van der Waals surface area contributed by atoms with Gasteiger partial charge in [0.05, 0.1) is 0 Å². The van der Waals surface area contributed by atoms with Gasteiger partial charge in [-0.05, 0) is 36.1 Å². The summed E-state index contributed by atoms with van der Waals surface area (Å²) in [5.41, 5.74) is 1.31. The molecule has 0 heterocycles. The van der Waals surface area contributed by atoms with Gasteiger partial charge in [-0.3, -0.25) is 0 Å². The fourth-order valence-corrected chi connectivity index (χ4v) is 5.49. The first-order chi connectivity index (χ1) is 7.58. The minimum absolute atomic E-state index is 0.812. The smallest absolute Gasteiger partial charge is 0.137 e. The third-order valence-electron chi connectivity index (χ3n) is 2.66. The molecule has 0 fully saturated rings. The van der Waals surface area contributed by atoms with Crippen molar-refractivity contribution in [2.24, 2.45) is 11.8 Å². The summed E-state index contributed by atoms with van der Waals surface area (Å²) in [7, 11) is -0.826. The Labute approximate surface area is 102 Å². The number of hydrogen-bond donors (Lipinski definition) is 1. The number of nitrogens with one attached hydrogen (secondary N) is 1. The van der Waals surface area contributed by atoms with Crippen LogP contribution in [-0.4, -0.2) is 8.96 Å². The molecule has 0 saturated heterocycles. The second-order valence-corrected chi connectivity index (χ2v) is 8.09. The van der Waals surface area contributed by atoms with Crippen molar-refractivity contribution in [2.45, 2.75) is 39.8 Å². The Bertz CT molecular complexity index is 272. The molecule has 0 unspecified atom stereocenters. The number of hydrogen-bond acceptors (Lipinski definition) is 1. The summed E-state index contributed by atoms with van der Waals surface area (Å²) >= 11 is 0. The maximum Gasteiger partial charge on any atom is 0.137 e. The second kappa shape index (κ2) is 6.74. The molecule has 0 aromatic heterocycles. The molecule has 0 spiro atoms. The molecule has 0 saturated carbocycles. The zero-order valence-corrected chi connectivity index (χ0v) is 12.2. The molecule has 0 atom stereocenters. The van der Waals surface area contributed by atoms with Gasteiger partial charge in [0.1, 0.15) is 8.96 Å². The van der Waals surface area contributed by atoms with E-state index in [2.05, 4.69) is 63.0 Å². The van der Waals surface area contributed by atoms with Gasteiger partial charge in [0.2, 0.25) is 0 Å². The van der Waals surface area contributed by atoms with Gasteiger partial charge >= 0.3 is 0 Å². The van der Waals surface area contributed by atoms with Gasteiger partial charge in [0.15, 0.2) is 0 Å². The normalized spacial score (nSPS) is 11.4. The van der Waals surface area contributed by atoms with Crippen molar-refractivity contribution in [3.63, 3.8) is 0 Å². The van der Waals surface area contributed by atoms with Crippen molar-refractivity contribution in [3.05, 3.63) is 30.3 Å². The van der Waals surface area contributed by atoms with E-state index in [1.807, 2.05) is 0 Å². The zero-order chi connectivity index (χ0) is 12.0. The Morgan fingerprint density at radius 2 is 1.44 bits per heavy atom. The molecule has 2 heteroatoms. The first-order valence-electron chi connectivity index (χ1n) is 6.39. The van der Waals surface area contributed by atoms with Crippen LogP contribution in [-0.2, 0) is 0 Å². The molecular formula is C14H25NSi. The third-order valence-corrected chi connectivity index (χ3v) is 6.42. The summed E-state index contributed by atoms with van der Waals surface area (Å²) in [5, 5.41) is 0. The largest absolute Gasteiger partial charge is 0.413 e. The van der Waals surface area contributed by atoms with Gasteiger partial charge in [-0.1, -0.05) is 45.9 Å². The first-order valence-corrected chi connectivity index (χ1v) is 8.60. The summed E-state index contributed by atoms with van der Waals surface area (Å²) in [4.78, 5) is 3.78. The summed E-state index contributed by atoms with van der Waals surface area (Å²) < 4.78 is 0. The maximum atomic E-state index is 3.78. The van der Waals surface area contributed by atoms with Gasteiger partial charge in [-0.15, -0.1) is 0 Å². The van der Waals surface area contributed by atoms with Crippen LogP contribution in [0.25, 0.3) is 0 Å². The van der Waals surface area contributed by atoms with Crippen molar-refractivity contribution in [1.82, 2.24) is 0 Å². The predicted molar refractivity (Wildman–Crippen MR) is 76.5 cm³/mol. The van der Waals surface area contributed by atoms with Crippen LogP contribution in [0.15, 0.2) is 30.3 Å². The molecule has 0 radical (unpaired) electrons. The second-order valence-electron chi connectivity index (χ2n) is 5.47. The highest BCUT2D eigenvalue weighted by atomic mass is 28.3. The van der Waals surface area contributed by atoms with Crippen LogP contribution in [0.3, 0.4) is 0 Å². The predicted octanol–water partition coefficient (Wildman–Crippen LogP) is 4.13. The van der Waals surface area contributed by atoms with Crippen LogP contribution in [0.1, 0.15) is 27.7 Å². The van der Waals surface area contributed by atoms with Crippen molar-refractivity contribution >= 4 is 14.6 Å². The van der Waals surface area contributed by atoms with E-state index in [1.165, 1.54) is 17.8 Å². The summed E-state index contributed by atoms with van der Waals surface area (Å²) in [6, 6.07) is 13.4. The third kappa shape index (κ3) is 5.36. The van der Waals surface area contributed by atoms with Gasteiger partial charge in [0, 0.05) is 5.69 Å². The summed E-state index contributed by atoms with van der Waals surface area (Å²) in [6.45, 7) is 9.31. The first kappa shape index (κ1) is 13.3. The lowest BCUT2D eigenvalue weighted by atomic mass is 10.3. The Morgan fingerprint density at radius 3 is 1.88 bits per heavy atom. The van der Waals surface area contributed by atoms with Crippen LogP contribution in [0.5, 0.6) is 0 Å². The lowest BCUT2D eigenvalue weighted by Crippen LogP contribution is -2.27. The molecule has 1 aromatic rings. The van der Waals surface area contributed by atoms with Crippen molar-refractivity contribution < 1.29 is 0 Å². The molecule has 0 amide bonds. The molecule has 1 aromatic carbocycles. The fraction of sp³-hybridized carbons (Fsp3) is 0.571. The summed E-state index contributed by atoms with van der Waals surface area (Å²) in [6.07, 6.45) is 0. The number of benzene rings is 1. The molecule has 16 heavy (non-hydrogen) atoms. The lowest BCUT2D eigenvalue weighted by Gasteiger charge is -2.21. The molecule has 0 aliphatic rings. The average Bonchev–Trinajstić information content (AvgIpc) is 2.16. The van der Waals surface area contributed by atoms with Crippen molar-refractivity contribution in [1.29, 1.82) is 0 Å². The van der Waals surface area contributed by atoms with E-state index in [-0.39, 0.29) is 0 Å². The molecule has 1 N–H and O–H groups in total. The van der Waals surface area contributed by atoms with Gasteiger partial charge in [0.25, 0.3) is 0 Å². The van der Waals surface area contributed by atoms with Crippen LogP contribution in [0.4, 0.5) is 5.69 Å². The van der Waals surface area contributed by atoms with Gasteiger partial charge < -0.3 is 4.98 Å². The average molecular weight is 235 g/mol. The lowest BCUT2D eigenvalue weighted by molar-refractivity contribution is 0.691. The number of para-hydroxylation sites is 1. The monoisotopic (exact) mass is 235 g/mol. The van der Waals surface area contributed by atoms with E-state index in [9.17, 15) is 0 Å². The van der Waals surface area contributed by atoms with Crippen LogP contribution in [0.2, 0.25) is 12.1 Å². The minimum atomic E-state index is -0.826. The molecule has 0 aliphatic heterocycles. The molecule has 90 valence electrons. The molecule has 0 aliphatic carbocycles. The van der Waals surface area contributed by atoms with Gasteiger partial charge in [-0.2, -0.15) is 0 Å². The van der Waals surface area contributed by atoms with E-state index >= 15 is 0 Å². The molecule has 1 nitrogen and oxygen atoms in total. The summed E-state index contributed by atoms with van der Waals surface area (Å²) in [5.74, 6) is 1.62. The minimum Gasteiger partial charge on any atom is -0.413 e. The molecular weight excluding hydrogens is 210 g/mol. The van der Waals surface area contributed by atoms with E-state index < -0.39 is 8.96 Å². The fourth-order valence-electron chi connectivity index (χ4n) is 2.12. The highest BCUT2D eigenvalue weighted by Crippen LogP contribution is 2.17. The van der Waals surface area contributed by atoms with E-state index in [0.29, 0.717) is 0 Å². The van der Waals surface area contributed by atoms with Crippen LogP contribution in [0, 0.1) is 11.8 Å².